The first-order valence-corrected chi connectivity index (χ1v) is 8.99. The lowest BCUT2D eigenvalue weighted by molar-refractivity contribution is 0.584. The van der Waals surface area contributed by atoms with E-state index in [2.05, 4.69) is 15.8 Å². The number of aromatic nitrogens is 1. The van der Waals surface area contributed by atoms with Crippen LogP contribution in [0.4, 0.5) is 0 Å². The van der Waals surface area contributed by atoms with Gasteiger partial charge >= 0.3 is 0 Å². The smallest absolute Gasteiger partial charge is 0.208 e. The largest absolute Gasteiger partial charge is 0.361 e. The molecule has 2 aromatic carbocycles. The van der Waals surface area contributed by atoms with Crippen LogP contribution in [0.3, 0.4) is 0 Å². The van der Waals surface area contributed by atoms with E-state index in [0.29, 0.717) is 6.54 Å². The van der Waals surface area contributed by atoms with E-state index in [4.69, 9.17) is 0 Å². The molecule has 0 aliphatic carbocycles. The maximum absolute atomic E-state index is 11.5. The molecule has 1 aromatic heterocycles. The zero-order valence-corrected chi connectivity index (χ0v) is 13.1. The van der Waals surface area contributed by atoms with E-state index in [1.807, 2.05) is 54.7 Å². The Hall–Kier alpha value is -2.11. The second kappa shape index (κ2) is 5.94. The summed E-state index contributed by atoms with van der Waals surface area (Å²) < 4.78 is 25.6. The molecule has 1 atom stereocenters. The predicted molar refractivity (Wildman–Crippen MR) is 89.4 cm³/mol. The van der Waals surface area contributed by atoms with Gasteiger partial charge < -0.3 is 4.98 Å². The number of aromatic amines is 1. The van der Waals surface area contributed by atoms with Crippen molar-refractivity contribution < 1.29 is 8.42 Å². The number of sulfonamides is 1. The van der Waals surface area contributed by atoms with Crippen LogP contribution in [0.1, 0.15) is 17.0 Å². The van der Waals surface area contributed by atoms with Gasteiger partial charge in [0.2, 0.25) is 10.0 Å². The normalized spacial score (nSPS) is 13.3. The van der Waals surface area contributed by atoms with E-state index in [1.165, 1.54) is 6.26 Å². The van der Waals surface area contributed by atoms with Crippen LogP contribution >= 0.6 is 0 Å². The van der Waals surface area contributed by atoms with Gasteiger partial charge in [-0.2, -0.15) is 0 Å². The minimum absolute atomic E-state index is 0.0351. The van der Waals surface area contributed by atoms with E-state index in [9.17, 15) is 8.42 Å². The topological polar surface area (TPSA) is 62.0 Å². The summed E-state index contributed by atoms with van der Waals surface area (Å²) in [6, 6.07) is 18.0. The lowest BCUT2D eigenvalue weighted by atomic mass is 9.91. The molecule has 4 nitrogen and oxygen atoms in total. The first-order chi connectivity index (χ1) is 10.5. The van der Waals surface area contributed by atoms with Crippen molar-refractivity contribution in [2.24, 2.45) is 0 Å². The number of H-pyrrole nitrogens is 1. The minimum Gasteiger partial charge on any atom is -0.361 e. The van der Waals surface area contributed by atoms with Crippen LogP contribution in [-0.4, -0.2) is 26.2 Å². The summed E-state index contributed by atoms with van der Waals surface area (Å²) in [6.45, 7) is 0.338. The van der Waals surface area contributed by atoms with E-state index < -0.39 is 10.0 Å². The molecule has 1 heterocycles. The van der Waals surface area contributed by atoms with Crippen LogP contribution in [0.5, 0.6) is 0 Å². The Labute approximate surface area is 130 Å². The number of benzene rings is 2. The lowest BCUT2D eigenvalue weighted by Gasteiger charge is -2.17. The van der Waals surface area contributed by atoms with Crippen molar-refractivity contribution >= 4 is 20.9 Å². The van der Waals surface area contributed by atoms with Gasteiger partial charge in [0.1, 0.15) is 0 Å². The van der Waals surface area contributed by atoms with Crippen molar-refractivity contribution in [2.45, 2.75) is 5.92 Å². The molecule has 0 radical (unpaired) electrons. The zero-order chi connectivity index (χ0) is 15.6. The molecular weight excluding hydrogens is 296 g/mol. The third-order valence-electron chi connectivity index (χ3n) is 3.75. The van der Waals surface area contributed by atoms with E-state index >= 15 is 0 Å². The molecule has 3 rings (SSSR count). The maximum Gasteiger partial charge on any atom is 0.208 e. The molecule has 5 heteroatoms. The summed E-state index contributed by atoms with van der Waals surface area (Å²) in [7, 11) is -3.23. The highest BCUT2D eigenvalue weighted by Gasteiger charge is 2.19. The molecule has 114 valence electrons. The summed E-state index contributed by atoms with van der Waals surface area (Å²) in [6.07, 6.45) is 3.15. The first-order valence-electron chi connectivity index (χ1n) is 7.10. The van der Waals surface area contributed by atoms with Crippen LogP contribution in [0.25, 0.3) is 10.9 Å². The monoisotopic (exact) mass is 314 g/mol. The number of rotatable bonds is 5. The third-order valence-corrected chi connectivity index (χ3v) is 4.44. The third kappa shape index (κ3) is 3.21. The number of para-hydroxylation sites is 1. The van der Waals surface area contributed by atoms with Gasteiger partial charge in [0.15, 0.2) is 0 Å². The Balaban J connectivity index is 2.05. The molecule has 0 fully saturated rings. The summed E-state index contributed by atoms with van der Waals surface area (Å²) in [5.41, 5.74) is 3.24. The fourth-order valence-electron chi connectivity index (χ4n) is 2.71. The van der Waals surface area contributed by atoms with Gasteiger partial charge in [0.25, 0.3) is 0 Å². The van der Waals surface area contributed by atoms with Crippen molar-refractivity contribution in [2.75, 3.05) is 12.8 Å². The standard InChI is InChI=1S/C17H18N2O2S/c1-22(20,21)19-12-15(13-7-3-2-4-8-13)16-11-18-17-10-6-5-9-14(16)17/h2-11,15,18-19H,12H2,1H3/t15-/m0/s1. The van der Waals surface area contributed by atoms with Gasteiger partial charge in [-0.3, -0.25) is 0 Å². The Bertz CT molecular complexity index is 870. The number of hydrogen-bond acceptors (Lipinski definition) is 2. The summed E-state index contributed by atoms with van der Waals surface area (Å²) >= 11 is 0. The van der Waals surface area contributed by atoms with Crippen LogP contribution in [0.15, 0.2) is 60.8 Å². The molecule has 0 bridgehead atoms. The quantitative estimate of drug-likeness (QED) is 0.760. The van der Waals surface area contributed by atoms with Crippen molar-refractivity contribution in [1.29, 1.82) is 0 Å². The lowest BCUT2D eigenvalue weighted by Crippen LogP contribution is -2.27. The second-order valence-corrected chi connectivity index (χ2v) is 7.21. The number of fused-ring (bicyclic) bond motifs is 1. The van der Waals surface area contributed by atoms with Crippen LogP contribution in [-0.2, 0) is 10.0 Å². The van der Waals surface area contributed by atoms with Crippen molar-refractivity contribution in [1.82, 2.24) is 9.71 Å². The molecule has 0 saturated heterocycles. The predicted octanol–water partition coefficient (Wildman–Crippen LogP) is 2.85. The molecule has 0 aliphatic heterocycles. The minimum atomic E-state index is -3.23. The van der Waals surface area contributed by atoms with Gasteiger partial charge in [0.05, 0.1) is 6.26 Å². The van der Waals surface area contributed by atoms with Crippen LogP contribution in [0.2, 0.25) is 0 Å². The van der Waals surface area contributed by atoms with Crippen LogP contribution < -0.4 is 4.72 Å². The Morgan fingerprint density at radius 1 is 1.05 bits per heavy atom. The Morgan fingerprint density at radius 2 is 1.73 bits per heavy atom. The van der Waals surface area contributed by atoms with Crippen LogP contribution in [0, 0.1) is 0 Å². The molecule has 2 N–H and O–H groups in total. The summed E-state index contributed by atoms with van der Waals surface area (Å²) in [5.74, 6) is -0.0351. The van der Waals surface area contributed by atoms with Crippen molar-refractivity contribution in [3.8, 4) is 0 Å². The maximum atomic E-state index is 11.5. The second-order valence-electron chi connectivity index (χ2n) is 5.37. The molecule has 0 spiro atoms. The summed E-state index contributed by atoms with van der Waals surface area (Å²) in [5, 5.41) is 1.12. The average molecular weight is 314 g/mol. The fraction of sp³-hybridized carbons (Fsp3) is 0.176. The molecule has 22 heavy (non-hydrogen) atoms. The molecule has 0 aliphatic rings. The van der Waals surface area contributed by atoms with Gasteiger partial charge in [-0.25, -0.2) is 13.1 Å². The van der Waals surface area contributed by atoms with Gasteiger partial charge in [0, 0.05) is 29.6 Å². The highest BCUT2D eigenvalue weighted by Crippen LogP contribution is 2.30. The molecular formula is C17H18N2O2S. The molecule has 3 aromatic rings. The highest BCUT2D eigenvalue weighted by molar-refractivity contribution is 7.88. The van der Waals surface area contributed by atoms with Crippen molar-refractivity contribution in [3.63, 3.8) is 0 Å². The Kier molecular flexibility index (Phi) is 4.00. The Morgan fingerprint density at radius 3 is 2.45 bits per heavy atom. The average Bonchev–Trinajstić information content (AvgIpc) is 2.92. The molecule has 0 unspecified atom stereocenters. The number of hydrogen-bond donors (Lipinski definition) is 2. The highest BCUT2D eigenvalue weighted by atomic mass is 32.2. The zero-order valence-electron chi connectivity index (χ0n) is 12.3. The van der Waals surface area contributed by atoms with Gasteiger partial charge in [-0.05, 0) is 17.2 Å². The van der Waals surface area contributed by atoms with Gasteiger partial charge in [-0.1, -0.05) is 48.5 Å². The summed E-state index contributed by atoms with van der Waals surface area (Å²) in [4.78, 5) is 3.26. The SMILES string of the molecule is CS(=O)(=O)NC[C@@H](c1ccccc1)c1c[nH]c2ccccc12. The first kappa shape index (κ1) is 14.8. The van der Waals surface area contributed by atoms with E-state index in [-0.39, 0.29) is 5.92 Å². The van der Waals surface area contributed by atoms with E-state index in [0.717, 1.165) is 22.0 Å². The number of nitrogens with one attached hydrogen (secondary N) is 2. The van der Waals surface area contributed by atoms with E-state index in [1.54, 1.807) is 0 Å². The van der Waals surface area contributed by atoms with Gasteiger partial charge in [-0.15, -0.1) is 0 Å². The molecule has 0 amide bonds. The fourth-order valence-corrected chi connectivity index (χ4v) is 3.18. The molecule has 0 saturated carbocycles. The van der Waals surface area contributed by atoms with Crippen molar-refractivity contribution in [3.05, 3.63) is 71.9 Å².